The Morgan fingerprint density at radius 2 is 2.36 bits per heavy atom. The van der Waals surface area contributed by atoms with Gasteiger partial charge in [0.05, 0.1) is 17.6 Å². The standard InChI is InChI=1S/C11H17N3/c1-4-7-14(3)10-5-6-11(9(2)12)13-8-10/h4-6,8-9H,1,7,12H2,2-3H3. The molecule has 2 N–H and O–H groups in total. The van der Waals surface area contributed by atoms with Crippen LogP contribution >= 0.6 is 0 Å². The highest BCUT2D eigenvalue weighted by Gasteiger charge is 2.02. The number of likely N-dealkylation sites (N-methyl/N-ethyl adjacent to an activating group) is 1. The minimum absolute atomic E-state index is 0.00578. The van der Waals surface area contributed by atoms with Crippen molar-refractivity contribution in [2.75, 3.05) is 18.5 Å². The van der Waals surface area contributed by atoms with Gasteiger partial charge >= 0.3 is 0 Å². The predicted molar refractivity (Wildman–Crippen MR) is 60.3 cm³/mol. The molecule has 0 aliphatic rings. The minimum Gasteiger partial charge on any atom is -0.370 e. The van der Waals surface area contributed by atoms with E-state index in [1.165, 1.54) is 0 Å². The van der Waals surface area contributed by atoms with Gasteiger partial charge in [0.25, 0.3) is 0 Å². The third kappa shape index (κ3) is 2.57. The molecule has 1 heterocycles. The molecule has 14 heavy (non-hydrogen) atoms. The molecular weight excluding hydrogens is 174 g/mol. The number of aromatic nitrogens is 1. The van der Waals surface area contributed by atoms with Crippen LogP contribution in [0.3, 0.4) is 0 Å². The zero-order valence-electron chi connectivity index (χ0n) is 8.77. The Bertz CT molecular complexity index is 290. The summed E-state index contributed by atoms with van der Waals surface area (Å²) >= 11 is 0. The second-order valence-electron chi connectivity index (χ2n) is 3.40. The van der Waals surface area contributed by atoms with Crippen molar-refractivity contribution in [3.63, 3.8) is 0 Å². The molecule has 1 rings (SSSR count). The summed E-state index contributed by atoms with van der Waals surface area (Å²) < 4.78 is 0. The summed E-state index contributed by atoms with van der Waals surface area (Å²) in [5, 5.41) is 0. The van der Waals surface area contributed by atoms with E-state index < -0.39 is 0 Å². The monoisotopic (exact) mass is 191 g/mol. The second kappa shape index (κ2) is 4.77. The number of pyridine rings is 1. The van der Waals surface area contributed by atoms with Crippen LogP contribution in [0, 0.1) is 0 Å². The number of rotatable bonds is 4. The summed E-state index contributed by atoms with van der Waals surface area (Å²) in [7, 11) is 2.00. The number of nitrogens with zero attached hydrogens (tertiary/aromatic N) is 2. The van der Waals surface area contributed by atoms with E-state index in [1.807, 2.05) is 38.4 Å². The Balaban J connectivity index is 2.77. The highest BCUT2D eigenvalue weighted by Crippen LogP contribution is 2.13. The fourth-order valence-electron chi connectivity index (χ4n) is 1.19. The molecular formula is C11H17N3. The van der Waals surface area contributed by atoms with Gasteiger partial charge in [0.15, 0.2) is 0 Å². The van der Waals surface area contributed by atoms with Crippen LogP contribution in [0.1, 0.15) is 18.7 Å². The minimum atomic E-state index is -0.00578. The van der Waals surface area contributed by atoms with Crippen molar-refractivity contribution < 1.29 is 0 Å². The van der Waals surface area contributed by atoms with Gasteiger partial charge in [-0.15, -0.1) is 6.58 Å². The van der Waals surface area contributed by atoms with Crippen LogP contribution in [-0.2, 0) is 0 Å². The number of nitrogens with two attached hydrogens (primary N) is 1. The molecule has 0 amide bonds. The van der Waals surface area contributed by atoms with Gasteiger partial charge < -0.3 is 10.6 Å². The summed E-state index contributed by atoms with van der Waals surface area (Å²) in [6.45, 7) is 6.43. The molecule has 0 aliphatic heterocycles. The van der Waals surface area contributed by atoms with E-state index >= 15 is 0 Å². The molecule has 1 aromatic rings. The Kier molecular flexibility index (Phi) is 3.65. The smallest absolute Gasteiger partial charge is 0.0569 e. The molecule has 0 bridgehead atoms. The van der Waals surface area contributed by atoms with Crippen LogP contribution in [0.15, 0.2) is 31.0 Å². The first-order chi connectivity index (χ1) is 6.65. The fourth-order valence-corrected chi connectivity index (χ4v) is 1.19. The van der Waals surface area contributed by atoms with E-state index in [1.54, 1.807) is 0 Å². The van der Waals surface area contributed by atoms with Gasteiger partial charge in [-0.3, -0.25) is 4.98 Å². The Hall–Kier alpha value is -1.35. The van der Waals surface area contributed by atoms with Crippen molar-refractivity contribution >= 4 is 5.69 Å². The highest BCUT2D eigenvalue weighted by atomic mass is 15.1. The van der Waals surface area contributed by atoms with Crippen LogP contribution in [-0.4, -0.2) is 18.6 Å². The maximum absolute atomic E-state index is 5.71. The summed E-state index contributed by atoms with van der Waals surface area (Å²) in [6.07, 6.45) is 3.70. The van der Waals surface area contributed by atoms with Crippen LogP contribution in [0.2, 0.25) is 0 Å². The molecule has 0 fully saturated rings. The average molecular weight is 191 g/mol. The molecule has 3 nitrogen and oxygen atoms in total. The maximum atomic E-state index is 5.71. The molecule has 1 atom stereocenters. The SMILES string of the molecule is C=CCN(C)c1ccc(C(C)N)nc1. The van der Waals surface area contributed by atoms with Gasteiger partial charge in [-0.05, 0) is 19.1 Å². The highest BCUT2D eigenvalue weighted by molar-refractivity contribution is 5.44. The normalized spacial score (nSPS) is 12.2. The summed E-state index contributed by atoms with van der Waals surface area (Å²) in [6, 6.07) is 3.98. The van der Waals surface area contributed by atoms with Crippen molar-refractivity contribution in [2.45, 2.75) is 13.0 Å². The van der Waals surface area contributed by atoms with E-state index in [0.717, 1.165) is 17.9 Å². The molecule has 0 aromatic carbocycles. The summed E-state index contributed by atoms with van der Waals surface area (Å²) in [5.41, 5.74) is 7.70. The lowest BCUT2D eigenvalue weighted by Crippen LogP contribution is -2.17. The Morgan fingerprint density at radius 3 is 2.79 bits per heavy atom. The Labute approximate surface area is 85.3 Å². The molecule has 76 valence electrons. The summed E-state index contributed by atoms with van der Waals surface area (Å²) in [5.74, 6) is 0. The fraction of sp³-hybridized carbons (Fsp3) is 0.364. The molecule has 0 aliphatic carbocycles. The lowest BCUT2D eigenvalue weighted by Gasteiger charge is -2.17. The maximum Gasteiger partial charge on any atom is 0.0569 e. The predicted octanol–water partition coefficient (Wildman–Crippen LogP) is 1.72. The first kappa shape index (κ1) is 10.7. The summed E-state index contributed by atoms with van der Waals surface area (Å²) in [4.78, 5) is 6.35. The zero-order chi connectivity index (χ0) is 10.6. The first-order valence-electron chi connectivity index (χ1n) is 4.68. The van der Waals surface area contributed by atoms with Crippen molar-refractivity contribution in [2.24, 2.45) is 5.73 Å². The van der Waals surface area contributed by atoms with Crippen molar-refractivity contribution in [1.29, 1.82) is 0 Å². The number of hydrogen-bond acceptors (Lipinski definition) is 3. The lowest BCUT2D eigenvalue weighted by molar-refractivity contribution is 0.780. The number of hydrogen-bond donors (Lipinski definition) is 1. The topological polar surface area (TPSA) is 42.1 Å². The molecule has 1 unspecified atom stereocenters. The number of anilines is 1. The van der Waals surface area contributed by atoms with E-state index in [9.17, 15) is 0 Å². The molecule has 0 radical (unpaired) electrons. The third-order valence-electron chi connectivity index (χ3n) is 2.08. The van der Waals surface area contributed by atoms with E-state index in [-0.39, 0.29) is 6.04 Å². The third-order valence-corrected chi connectivity index (χ3v) is 2.08. The van der Waals surface area contributed by atoms with E-state index in [2.05, 4.69) is 16.5 Å². The molecule has 0 saturated carbocycles. The quantitative estimate of drug-likeness (QED) is 0.737. The van der Waals surface area contributed by atoms with Gasteiger partial charge in [-0.1, -0.05) is 6.08 Å². The van der Waals surface area contributed by atoms with Crippen molar-refractivity contribution in [3.05, 3.63) is 36.7 Å². The Morgan fingerprint density at radius 1 is 1.64 bits per heavy atom. The van der Waals surface area contributed by atoms with Crippen molar-refractivity contribution in [1.82, 2.24) is 4.98 Å². The van der Waals surface area contributed by atoms with Crippen LogP contribution < -0.4 is 10.6 Å². The molecule has 0 saturated heterocycles. The largest absolute Gasteiger partial charge is 0.370 e. The molecule has 3 heteroatoms. The second-order valence-corrected chi connectivity index (χ2v) is 3.40. The first-order valence-corrected chi connectivity index (χ1v) is 4.68. The zero-order valence-corrected chi connectivity index (χ0v) is 8.77. The lowest BCUT2D eigenvalue weighted by atomic mass is 10.2. The van der Waals surface area contributed by atoms with Gasteiger partial charge in [0.1, 0.15) is 0 Å². The van der Waals surface area contributed by atoms with E-state index in [0.29, 0.717) is 0 Å². The van der Waals surface area contributed by atoms with Crippen molar-refractivity contribution in [3.8, 4) is 0 Å². The van der Waals surface area contributed by atoms with Gasteiger partial charge in [-0.25, -0.2) is 0 Å². The van der Waals surface area contributed by atoms with Gasteiger partial charge in [0.2, 0.25) is 0 Å². The van der Waals surface area contributed by atoms with Gasteiger partial charge in [-0.2, -0.15) is 0 Å². The average Bonchev–Trinajstić information content (AvgIpc) is 2.18. The van der Waals surface area contributed by atoms with Gasteiger partial charge in [0, 0.05) is 19.6 Å². The molecule has 1 aromatic heterocycles. The van der Waals surface area contributed by atoms with Crippen LogP contribution in [0.5, 0.6) is 0 Å². The van der Waals surface area contributed by atoms with Crippen LogP contribution in [0.25, 0.3) is 0 Å². The molecule has 0 spiro atoms. The van der Waals surface area contributed by atoms with E-state index in [4.69, 9.17) is 5.73 Å². The van der Waals surface area contributed by atoms with Crippen LogP contribution in [0.4, 0.5) is 5.69 Å².